The third-order valence-electron chi connectivity index (χ3n) is 3.95. The van der Waals surface area contributed by atoms with E-state index < -0.39 is 0 Å². The van der Waals surface area contributed by atoms with Gasteiger partial charge >= 0.3 is 0 Å². The number of nitrogens with zero attached hydrogens (tertiary/aromatic N) is 1. The Morgan fingerprint density at radius 3 is 2.48 bits per heavy atom. The molecule has 2 aromatic carbocycles. The summed E-state index contributed by atoms with van der Waals surface area (Å²) in [6.07, 6.45) is 0.958. The van der Waals surface area contributed by atoms with Gasteiger partial charge in [-0.3, -0.25) is 9.59 Å². The van der Waals surface area contributed by atoms with E-state index in [9.17, 15) is 9.59 Å². The Kier molecular flexibility index (Phi) is 7.82. The van der Waals surface area contributed by atoms with Gasteiger partial charge < -0.3 is 20.3 Å². The van der Waals surface area contributed by atoms with Crippen molar-refractivity contribution in [2.45, 2.75) is 13.3 Å². The zero-order valence-electron chi connectivity index (χ0n) is 16.1. The maximum absolute atomic E-state index is 12.2. The Morgan fingerprint density at radius 1 is 1.07 bits per heavy atom. The number of hydrogen-bond donors (Lipinski definition) is 2. The van der Waals surface area contributed by atoms with Gasteiger partial charge in [0, 0.05) is 24.3 Å². The van der Waals surface area contributed by atoms with Crippen molar-refractivity contribution in [3.05, 3.63) is 59.7 Å². The smallest absolute Gasteiger partial charge is 0.262 e. The van der Waals surface area contributed by atoms with Crippen LogP contribution >= 0.6 is 0 Å². The summed E-state index contributed by atoms with van der Waals surface area (Å²) in [7, 11) is 3.89. The first kappa shape index (κ1) is 20.5. The van der Waals surface area contributed by atoms with Crippen LogP contribution < -0.4 is 15.4 Å². The average Bonchev–Trinajstić information content (AvgIpc) is 2.66. The van der Waals surface area contributed by atoms with E-state index in [0.717, 1.165) is 13.0 Å². The van der Waals surface area contributed by atoms with Crippen LogP contribution in [0.4, 0.5) is 5.69 Å². The van der Waals surface area contributed by atoms with Crippen molar-refractivity contribution in [2.24, 2.45) is 0 Å². The van der Waals surface area contributed by atoms with Gasteiger partial charge in [-0.15, -0.1) is 0 Å². The summed E-state index contributed by atoms with van der Waals surface area (Å²) in [5, 5.41) is 5.60. The molecule has 0 atom stereocenters. The molecule has 2 aromatic rings. The Balaban J connectivity index is 1.85. The number of hydrogen-bond acceptors (Lipinski definition) is 4. The fraction of sp³-hybridized carbons (Fsp3) is 0.333. The van der Waals surface area contributed by atoms with E-state index in [4.69, 9.17) is 4.74 Å². The highest BCUT2D eigenvalue weighted by atomic mass is 16.5. The Morgan fingerprint density at radius 2 is 1.81 bits per heavy atom. The van der Waals surface area contributed by atoms with Crippen LogP contribution in [0.25, 0.3) is 0 Å². The van der Waals surface area contributed by atoms with Crippen molar-refractivity contribution in [2.75, 3.05) is 39.1 Å². The average molecular weight is 369 g/mol. The third kappa shape index (κ3) is 7.11. The summed E-state index contributed by atoms with van der Waals surface area (Å²) in [5.41, 5.74) is 2.28. The van der Waals surface area contributed by atoms with Gasteiger partial charge in [-0.05, 0) is 56.4 Å². The molecule has 0 radical (unpaired) electrons. The molecule has 0 spiro atoms. The molecule has 0 bridgehead atoms. The second-order valence-electron chi connectivity index (χ2n) is 6.47. The first-order valence-electron chi connectivity index (χ1n) is 9.02. The minimum absolute atomic E-state index is 0.0925. The fourth-order valence-corrected chi connectivity index (χ4v) is 2.40. The van der Waals surface area contributed by atoms with Crippen LogP contribution in [0.2, 0.25) is 0 Å². The van der Waals surface area contributed by atoms with Gasteiger partial charge in [0.2, 0.25) is 0 Å². The molecule has 144 valence electrons. The molecule has 0 saturated carbocycles. The molecule has 0 unspecified atom stereocenters. The van der Waals surface area contributed by atoms with Crippen LogP contribution in [0.15, 0.2) is 48.5 Å². The van der Waals surface area contributed by atoms with E-state index in [1.54, 1.807) is 24.3 Å². The number of carbonyl (C=O) groups excluding carboxylic acids is 2. The lowest BCUT2D eigenvalue weighted by Gasteiger charge is -2.11. The molecule has 0 heterocycles. The molecule has 2 amide bonds. The SMILES string of the molecule is CCc1ccc(OCC(=O)Nc2cccc(C(=O)NCCN(C)C)c2)cc1. The second kappa shape index (κ2) is 10.3. The second-order valence-corrected chi connectivity index (χ2v) is 6.47. The Labute approximate surface area is 160 Å². The lowest BCUT2D eigenvalue weighted by Crippen LogP contribution is -2.31. The van der Waals surface area contributed by atoms with E-state index in [2.05, 4.69) is 17.6 Å². The molecule has 0 aliphatic carbocycles. The van der Waals surface area contributed by atoms with Crippen molar-refractivity contribution < 1.29 is 14.3 Å². The Bertz CT molecular complexity index is 758. The van der Waals surface area contributed by atoms with Crippen molar-refractivity contribution in [3.63, 3.8) is 0 Å². The zero-order chi connectivity index (χ0) is 19.6. The van der Waals surface area contributed by atoms with Gasteiger partial charge in [-0.25, -0.2) is 0 Å². The van der Waals surface area contributed by atoms with E-state index >= 15 is 0 Å². The lowest BCUT2D eigenvalue weighted by molar-refractivity contribution is -0.118. The van der Waals surface area contributed by atoms with E-state index in [-0.39, 0.29) is 18.4 Å². The highest BCUT2D eigenvalue weighted by Crippen LogP contribution is 2.13. The number of ether oxygens (including phenoxy) is 1. The number of aryl methyl sites for hydroxylation is 1. The first-order chi connectivity index (χ1) is 13.0. The standard InChI is InChI=1S/C21H27N3O3/c1-4-16-8-10-19(11-9-16)27-15-20(25)23-18-7-5-6-17(14-18)21(26)22-12-13-24(2)3/h5-11,14H,4,12-13,15H2,1-3H3,(H,22,26)(H,23,25). The molecule has 2 N–H and O–H groups in total. The predicted molar refractivity (Wildman–Crippen MR) is 107 cm³/mol. The molecule has 6 nitrogen and oxygen atoms in total. The maximum Gasteiger partial charge on any atom is 0.262 e. The highest BCUT2D eigenvalue weighted by Gasteiger charge is 2.08. The van der Waals surface area contributed by atoms with Crippen molar-refractivity contribution in [1.29, 1.82) is 0 Å². The minimum Gasteiger partial charge on any atom is -0.484 e. The van der Waals surface area contributed by atoms with Gasteiger partial charge in [0.15, 0.2) is 6.61 Å². The van der Waals surface area contributed by atoms with Crippen LogP contribution in [-0.2, 0) is 11.2 Å². The molecular formula is C21H27N3O3. The van der Waals surface area contributed by atoms with Crippen LogP contribution in [0.5, 0.6) is 5.75 Å². The monoisotopic (exact) mass is 369 g/mol. The number of carbonyl (C=O) groups is 2. The van der Waals surface area contributed by atoms with Crippen LogP contribution in [0.1, 0.15) is 22.8 Å². The summed E-state index contributed by atoms with van der Waals surface area (Å²) in [5.74, 6) is 0.205. The fourth-order valence-electron chi connectivity index (χ4n) is 2.40. The van der Waals surface area contributed by atoms with Gasteiger partial charge in [0.05, 0.1) is 0 Å². The molecule has 0 aliphatic heterocycles. The number of amides is 2. The van der Waals surface area contributed by atoms with Crippen LogP contribution in [0.3, 0.4) is 0 Å². The van der Waals surface area contributed by atoms with Crippen LogP contribution in [0, 0.1) is 0 Å². The third-order valence-corrected chi connectivity index (χ3v) is 3.95. The highest BCUT2D eigenvalue weighted by molar-refractivity contribution is 5.97. The number of nitrogens with one attached hydrogen (secondary N) is 2. The van der Waals surface area contributed by atoms with E-state index in [0.29, 0.717) is 23.5 Å². The van der Waals surface area contributed by atoms with E-state index in [1.165, 1.54) is 5.56 Å². The first-order valence-corrected chi connectivity index (χ1v) is 9.02. The maximum atomic E-state index is 12.2. The summed E-state index contributed by atoms with van der Waals surface area (Å²) >= 11 is 0. The van der Waals surface area contributed by atoms with Crippen LogP contribution in [-0.4, -0.2) is 50.5 Å². The predicted octanol–water partition coefficient (Wildman–Crippen LogP) is 2.56. The molecular weight excluding hydrogens is 342 g/mol. The number of anilines is 1. The largest absolute Gasteiger partial charge is 0.484 e. The molecule has 0 aliphatic rings. The van der Waals surface area contributed by atoms with Gasteiger partial charge in [-0.1, -0.05) is 25.1 Å². The molecule has 0 fully saturated rings. The Hall–Kier alpha value is -2.86. The molecule has 27 heavy (non-hydrogen) atoms. The van der Waals surface area contributed by atoms with E-state index in [1.807, 2.05) is 43.3 Å². The minimum atomic E-state index is -0.278. The topological polar surface area (TPSA) is 70.7 Å². The van der Waals surface area contributed by atoms with Crippen molar-refractivity contribution >= 4 is 17.5 Å². The molecule has 2 rings (SSSR count). The molecule has 0 aromatic heterocycles. The quantitative estimate of drug-likeness (QED) is 0.713. The number of benzene rings is 2. The summed E-state index contributed by atoms with van der Waals surface area (Å²) in [4.78, 5) is 26.2. The number of rotatable bonds is 9. The number of likely N-dealkylation sites (N-methyl/N-ethyl adjacent to an activating group) is 1. The van der Waals surface area contributed by atoms with Crippen molar-refractivity contribution in [3.8, 4) is 5.75 Å². The molecule has 0 saturated heterocycles. The molecule has 6 heteroatoms. The van der Waals surface area contributed by atoms with Gasteiger partial charge in [-0.2, -0.15) is 0 Å². The van der Waals surface area contributed by atoms with Crippen molar-refractivity contribution in [1.82, 2.24) is 10.2 Å². The zero-order valence-corrected chi connectivity index (χ0v) is 16.1. The van der Waals surface area contributed by atoms with Gasteiger partial charge in [0.25, 0.3) is 11.8 Å². The summed E-state index contributed by atoms with van der Waals surface area (Å²) < 4.78 is 5.50. The summed E-state index contributed by atoms with van der Waals surface area (Å²) in [6.45, 7) is 3.32. The lowest BCUT2D eigenvalue weighted by atomic mass is 10.2. The van der Waals surface area contributed by atoms with Gasteiger partial charge in [0.1, 0.15) is 5.75 Å². The normalized spacial score (nSPS) is 10.5. The summed E-state index contributed by atoms with van der Waals surface area (Å²) in [6, 6.07) is 14.5.